The molecule has 1 heteroatoms. The minimum absolute atomic E-state index is 0.258. The molecular formula is C15H28S. The van der Waals surface area contributed by atoms with E-state index in [0.29, 0.717) is 16.1 Å². The lowest BCUT2D eigenvalue weighted by molar-refractivity contribution is 0.0893. The second-order valence-corrected chi connectivity index (χ2v) is 8.63. The van der Waals surface area contributed by atoms with Crippen LogP contribution in [0.15, 0.2) is 12.2 Å². The minimum Gasteiger partial charge on any atom is -0.154 e. The van der Waals surface area contributed by atoms with Crippen molar-refractivity contribution >= 4 is 11.8 Å². The summed E-state index contributed by atoms with van der Waals surface area (Å²) in [4.78, 5) is 0. The molecule has 0 bridgehead atoms. The van der Waals surface area contributed by atoms with Crippen molar-refractivity contribution in [3.05, 3.63) is 12.2 Å². The Morgan fingerprint density at radius 1 is 1.25 bits per heavy atom. The van der Waals surface area contributed by atoms with E-state index in [4.69, 9.17) is 0 Å². The number of rotatable bonds is 0. The van der Waals surface area contributed by atoms with Crippen LogP contribution >= 0.6 is 11.8 Å². The van der Waals surface area contributed by atoms with Crippen molar-refractivity contribution in [3.63, 3.8) is 0 Å². The maximum absolute atomic E-state index is 4.37. The summed E-state index contributed by atoms with van der Waals surface area (Å²) in [5, 5.41) is 0.716. The lowest BCUT2D eigenvalue weighted by atomic mass is 9.58. The smallest absolute Gasteiger partial charge is 0.0149 e. The second-order valence-electron chi connectivity index (χ2n) is 7.30. The van der Waals surface area contributed by atoms with E-state index in [2.05, 4.69) is 66.8 Å². The van der Waals surface area contributed by atoms with Crippen LogP contribution in [-0.2, 0) is 0 Å². The molecule has 0 aromatic rings. The molecule has 0 radical (unpaired) electrons. The molecule has 0 aromatic carbocycles. The topological polar surface area (TPSA) is 0 Å². The van der Waals surface area contributed by atoms with Gasteiger partial charge in [-0.3, -0.25) is 0 Å². The fourth-order valence-corrected chi connectivity index (χ4v) is 3.89. The van der Waals surface area contributed by atoms with E-state index in [1.54, 1.807) is 0 Å². The van der Waals surface area contributed by atoms with Gasteiger partial charge in [-0.2, -0.15) is 11.8 Å². The SMILES string of the molecule is C=C1CSC(C)C(C)(C)CC1(C)C(C)(C)C. The summed E-state index contributed by atoms with van der Waals surface area (Å²) >= 11 is 2.07. The maximum Gasteiger partial charge on any atom is 0.0149 e. The monoisotopic (exact) mass is 240 g/mol. The summed E-state index contributed by atoms with van der Waals surface area (Å²) < 4.78 is 0. The summed E-state index contributed by atoms with van der Waals surface area (Å²) in [5.41, 5.74) is 2.38. The van der Waals surface area contributed by atoms with Crippen molar-refractivity contribution in [1.29, 1.82) is 0 Å². The lowest BCUT2D eigenvalue weighted by Gasteiger charge is -2.47. The third-order valence-electron chi connectivity index (χ3n) is 4.85. The first kappa shape index (κ1) is 14.2. The van der Waals surface area contributed by atoms with Gasteiger partial charge in [-0.05, 0) is 22.7 Å². The predicted molar refractivity (Wildman–Crippen MR) is 77.0 cm³/mol. The van der Waals surface area contributed by atoms with Crippen LogP contribution in [0.4, 0.5) is 0 Å². The van der Waals surface area contributed by atoms with Gasteiger partial charge in [0.1, 0.15) is 0 Å². The van der Waals surface area contributed by atoms with Gasteiger partial charge in [0.05, 0.1) is 0 Å². The number of hydrogen-bond donors (Lipinski definition) is 0. The zero-order valence-corrected chi connectivity index (χ0v) is 12.9. The summed E-state index contributed by atoms with van der Waals surface area (Å²) in [5.74, 6) is 1.12. The molecule has 0 saturated carbocycles. The zero-order valence-electron chi connectivity index (χ0n) is 12.1. The fraction of sp³-hybridized carbons (Fsp3) is 0.867. The zero-order chi connectivity index (χ0) is 12.8. The van der Waals surface area contributed by atoms with Gasteiger partial charge in [-0.15, -0.1) is 0 Å². The van der Waals surface area contributed by atoms with Crippen molar-refractivity contribution in [2.75, 3.05) is 5.75 Å². The third kappa shape index (κ3) is 2.34. The van der Waals surface area contributed by atoms with Crippen molar-refractivity contribution in [2.24, 2.45) is 16.2 Å². The standard InChI is InChI=1S/C15H28S/c1-11-9-16-12(2)14(6,7)10-15(11,8)13(3,4)5/h12H,1,9-10H2,2-8H3. The molecule has 1 aliphatic rings. The number of hydrogen-bond acceptors (Lipinski definition) is 1. The van der Waals surface area contributed by atoms with Gasteiger partial charge in [-0.1, -0.05) is 60.6 Å². The van der Waals surface area contributed by atoms with Crippen molar-refractivity contribution < 1.29 is 0 Å². The van der Waals surface area contributed by atoms with Gasteiger partial charge in [-0.25, -0.2) is 0 Å². The molecule has 1 fully saturated rings. The highest BCUT2D eigenvalue weighted by molar-refractivity contribution is 8.00. The molecule has 2 atom stereocenters. The summed E-state index contributed by atoms with van der Waals surface area (Å²) in [6.07, 6.45) is 1.25. The Balaban J connectivity index is 3.14. The van der Waals surface area contributed by atoms with E-state index >= 15 is 0 Å². The van der Waals surface area contributed by atoms with Crippen LogP contribution in [-0.4, -0.2) is 11.0 Å². The van der Waals surface area contributed by atoms with Crippen LogP contribution in [0, 0.1) is 16.2 Å². The third-order valence-corrected chi connectivity index (χ3v) is 6.51. The lowest BCUT2D eigenvalue weighted by Crippen LogP contribution is -2.39. The average molecular weight is 240 g/mol. The molecule has 1 rings (SSSR count). The molecule has 0 aromatic heterocycles. The van der Waals surface area contributed by atoms with Crippen LogP contribution < -0.4 is 0 Å². The molecule has 1 saturated heterocycles. The average Bonchev–Trinajstić information content (AvgIpc) is 2.16. The molecule has 0 amide bonds. The van der Waals surface area contributed by atoms with E-state index in [0.717, 1.165) is 5.75 Å². The molecule has 0 N–H and O–H groups in total. The Morgan fingerprint density at radius 2 is 1.75 bits per heavy atom. The summed E-state index contributed by atoms with van der Waals surface area (Å²) in [7, 11) is 0. The van der Waals surface area contributed by atoms with Gasteiger partial charge in [0.15, 0.2) is 0 Å². The molecular weight excluding hydrogens is 212 g/mol. The second kappa shape index (κ2) is 4.08. The molecule has 94 valence electrons. The molecule has 0 spiro atoms. The maximum atomic E-state index is 4.37. The van der Waals surface area contributed by atoms with Crippen LogP contribution in [0.1, 0.15) is 54.9 Å². The Kier molecular flexibility index (Phi) is 3.61. The van der Waals surface area contributed by atoms with E-state index < -0.39 is 0 Å². The van der Waals surface area contributed by atoms with Gasteiger partial charge in [0, 0.05) is 11.0 Å². The molecule has 2 unspecified atom stereocenters. The van der Waals surface area contributed by atoms with Crippen LogP contribution in [0.2, 0.25) is 0 Å². The first-order valence-corrected chi connectivity index (χ1v) is 7.35. The van der Waals surface area contributed by atoms with Crippen LogP contribution in [0.25, 0.3) is 0 Å². The summed E-state index contributed by atoms with van der Waals surface area (Å²) in [6.45, 7) is 21.0. The van der Waals surface area contributed by atoms with Crippen molar-refractivity contribution in [1.82, 2.24) is 0 Å². The normalized spacial score (nSPS) is 35.9. The fourth-order valence-electron chi connectivity index (χ4n) is 2.59. The van der Waals surface area contributed by atoms with E-state index in [1.807, 2.05) is 0 Å². The Morgan fingerprint density at radius 3 is 2.19 bits per heavy atom. The minimum atomic E-state index is 0.258. The van der Waals surface area contributed by atoms with Gasteiger partial charge in [0.25, 0.3) is 0 Å². The Bertz CT molecular complexity index is 282. The predicted octanol–water partition coefficient (Wildman–Crippen LogP) is 5.15. The quantitative estimate of drug-likeness (QED) is 0.528. The molecule has 1 heterocycles. The molecule has 1 aliphatic heterocycles. The van der Waals surface area contributed by atoms with Gasteiger partial charge in [0.2, 0.25) is 0 Å². The van der Waals surface area contributed by atoms with E-state index in [9.17, 15) is 0 Å². The number of thioether (sulfide) groups is 1. The van der Waals surface area contributed by atoms with Crippen molar-refractivity contribution in [2.45, 2.75) is 60.1 Å². The highest BCUT2D eigenvalue weighted by atomic mass is 32.2. The van der Waals surface area contributed by atoms with Crippen molar-refractivity contribution in [3.8, 4) is 0 Å². The Hall–Kier alpha value is 0.0900. The van der Waals surface area contributed by atoms with E-state index in [1.165, 1.54) is 12.0 Å². The van der Waals surface area contributed by atoms with Gasteiger partial charge < -0.3 is 0 Å². The van der Waals surface area contributed by atoms with Crippen LogP contribution in [0.3, 0.4) is 0 Å². The molecule has 0 aliphatic carbocycles. The summed E-state index contributed by atoms with van der Waals surface area (Å²) in [6, 6.07) is 0. The highest BCUT2D eigenvalue weighted by Gasteiger charge is 2.46. The highest BCUT2D eigenvalue weighted by Crippen LogP contribution is 2.56. The largest absolute Gasteiger partial charge is 0.154 e. The molecule has 0 nitrogen and oxygen atoms in total. The first-order chi connectivity index (χ1) is 7.01. The van der Waals surface area contributed by atoms with Gasteiger partial charge >= 0.3 is 0 Å². The Labute approximate surface area is 106 Å². The van der Waals surface area contributed by atoms with Crippen LogP contribution in [0.5, 0.6) is 0 Å². The first-order valence-electron chi connectivity index (χ1n) is 6.30. The van der Waals surface area contributed by atoms with E-state index in [-0.39, 0.29) is 5.41 Å². The molecule has 16 heavy (non-hydrogen) atoms.